The summed E-state index contributed by atoms with van der Waals surface area (Å²) in [5.74, 6) is 0.430. The molecule has 0 spiro atoms. The van der Waals surface area contributed by atoms with Crippen LogP contribution in [0.2, 0.25) is 0 Å². The summed E-state index contributed by atoms with van der Waals surface area (Å²) in [6.07, 6.45) is 2.98. The first kappa shape index (κ1) is 28.8. The first-order valence-electron chi connectivity index (χ1n) is 12.9. The Morgan fingerprint density at radius 2 is 1.85 bits per heavy atom. The van der Waals surface area contributed by atoms with Crippen LogP contribution in [-0.2, 0) is 13.1 Å². The number of halogens is 1. The highest BCUT2D eigenvalue weighted by Gasteiger charge is 2.21. The van der Waals surface area contributed by atoms with Gasteiger partial charge in [0, 0.05) is 12.6 Å². The molecule has 41 heavy (non-hydrogen) atoms. The van der Waals surface area contributed by atoms with E-state index >= 15 is 0 Å². The van der Waals surface area contributed by atoms with Crippen molar-refractivity contribution in [1.82, 2.24) is 14.5 Å². The summed E-state index contributed by atoms with van der Waals surface area (Å²) >= 11 is 0. The average Bonchev–Trinajstić information content (AvgIpc) is 2.92. The van der Waals surface area contributed by atoms with E-state index in [0.717, 1.165) is 22.4 Å². The lowest BCUT2D eigenvalue weighted by Crippen LogP contribution is -2.34. The van der Waals surface area contributed by atoms with Crippen LogP contribution in [0, 0.1) is 24.2 Å². The van der Waals surface area contributed by atoms with Gasteiger partial charge in [0.25, 0.3) is 5.56 Å². The normalized spacial score (nSPS) is 11.0. The fourth-order valence-corrected chi connectivity index (χ4v) is 4.36. The number of aromatic amines is 1. The van der Waals surface area contributed by atoms with Gasteiger partial charge in [-0.25, -0.2) is 9.78 Å². The smallest absolute Gasteiger partial charge is 0.331 e. The van der Waals surface area contributed by atoms with Crippen molar-refractivity contribution >= 4 is 11.9 Å². The zero-order chi connectivity index (χ0) is 29.5. The number of nitrogens with zero attached hydrogens (tertiary/aromatic N) is 3. The Morgan fingerprint density at radius 3 is 2.54 bits per heavy atom. The van der Waals surface area contributed by atoms with Gasteiger partial charge in [0.1, 0.15) is 17.3 Å². The Kier molecular flexibility index (Phi) is 8.99. The monoisotopic (exact) mass is 555 g/mol. The minimum atomic E-state index is -0.726. The number of hydrogen-bond donors (Lipinski definition) is 2. The minimum absolute atomic E-state index is 0.0551. The molecule has 4 aromatic rings. The Hall–Kier alpha value is -5.17. The maximum absolute atomic E-state index is 14.6. The van der Waals surface area contributed by atoms with E-state index in [4.69, 9.17) is 14.7 Å². The van der Waals surface area contributed by atoms with Gasteiger partial charge in [0.15, 0.2) is 0 Å². The largest absolute Gasteiger partial charge is 0.497 e. The molecule has 2 heterocycles. The number of ether oxygens (including phenoxy) is 2. The molecular weight excluding hydrogens is 525 g/mol. The molecule has 0 aliphatic rings. The van der Waals surface area contributed by atoms with Crippen LogP contribution >= 0.6 is 0 Å². The molecule has 0 bridgehead atoms. The summed E-state index contributed by atoms with van der Waals surface area (Å²) in [6, 6.07) is 17.6. The Bertz CT molecular complexity index is 1730. The van der Waals surface area contributed by atoms with Gasteiger partial charge in [-0.2, -0.15) is 9.65 Å². The zero-order valence-electron chi connectivity index (χ0n) is 23.2. The predicted octanol–water partition coefficient (Wildman–Crippen LogP) is 5.50. The highest BCUT2D eigenvalue weighted by atomic mass is 19.1. The van der Waals surface area contributed by atoms with Crippen molar-refractivity contribution in [3.63, 3.8) is 0 Å². The molecule has 0 saturated carbocycles. The number of hydrogen-bond acceptors (Lipinski definition) is 7. The molecular formula is C31H30FN5O4. The number of pyridine rings is 1. The Balaban J connectivity index is 1.70. The van der Waals surface area contributed by atoms with Crippen molar-refractivity contribution in [2.45, 2.75) is 39.8 Å². The molecule has 0 aliphatic heterocycles. The molecule has 0 radical (unpaired) electrons. The quantitative estimate of drug-likeness (QED) is 0.196. The van der Waals surface area contributed by atoms with Crippen LogP contribution < -0.4 is 26.0 Å². The van der Waals surface area contributed by atoms with Gasteiger partial charge >= 0.3 is 5.69 Å². The highest BCUT2D eigenvalue weighted by molar-refractivity contribution is 5.56. The number of H-pyrrole nitrogens is 1. The number of nitrogens with one attached hydrogen (secondary N) is 2. The van der Waals surface area contributed by atoms with Gasteiger partial charge in [0.2, 0.25) is 11.8 Å². The maximum atomic E-state index is 14.6. The van der Waals surface area contributed by atoms with E-state index in [2.05, 4.69) is 15.3 Å². The molecule has 2 aromatic carbocycles. The number of aryl methyl sites for hydroxylation is 1. The van der Waals surface area contributed by atoms with Crippen molar-refractivity contribution in [3.8, 4) is 23.4 Å². The summed E-state index contributed by atoms with van der Waals surface area (Å²) in [5.41, 5.74) is 1.96. The third-order valence-corrected chi connectivity index (χ3v) is 6.23. The van der Waals surface area contributed by atoms with Crippen molar-refractivity contribution < 1.29 is 13.9 Å². The molecule has 0 unspecified atom stereocenters. The number of allylic oxidation sites excluding steroid dienone is 1. The molecule has 9 nitrogen and oxygen atoms in total. The summed E-state index contributed by atoms with van der Waals surface area (Å²) < 4.78 is 27.3. The van der Waals surface area contributed by atoms with Crippen molar-refractivity contribution in [2.75, 3.05) is 12.4 Å². The number of benzene rings is 2. The van der Waals surface area contributed by atoms with Crippen LogP contribution in [0.5, 0.6) is 17.4 Å². The molecule has 0 aliphatic carbocycles. The molecule has 0 saturated heterocycles. The van der Waals surface area contributed by atoms with Crippen LogP contribution in [0.15, 0.2) is 70.3 Å². The van der Waals surface area contributed by atoms with E-state index in [0.29, 0.717) is 17.9 Å². The van der Waals surface area contributed by atoms with Gasteiger partial charge in [0.05, 0.1) is 25.3 Å². The van der Waals surface area contributed by atoms with E-state index in [9.17, 15) is 14.0 Å². The number of methoxy groups -OCH3 is 1. The number of aromatic nitrogens is 3. The summed E-state index contributed by atoms with van der Waals surface area (Å²) in [7, 11) is 1.59. The molecule has 210 valence electrons. The van der Waals surface area contributed by atoms with Crippen LogP contribution in [0.3, 0.4) is 0 Å². The van der Waals surface area contributed by atoms with Crippen molar-refractivity contribution in [3.05, 3.63) is 115 Å². The van der Waals surface area contributed by atoms with Crippen molar-refractivity contribution in [1.29, 1.82) is 5.26 Å². The second-order valence-electron chi connectivity index (χ2n) is 9.75. The third kappa shape index (κ3) is 7.28. The van der Waals surface area contributed by atoms with Gasteiger partial charge in [-0.1, -0.05) is 32.0 Å². The second kappa shape index (κ2) is 12.8. The predicted molar refractivity (Wildman–Crippen MR) is 155 cm³/mol. The highest BCUT2D eigenvalue weighted by Crippen LogP contribution is 2.29. The Labute approximate surface area is 236 Å². The molecule has 4 rings (SSSR count). The molecule has 10 heteroatoms. The lowest BCUT2D eigenvalue weighted by molar-refractivity contribution is 0.409. The van der Waals surface area contributed by atoms with Crippen LogP contribution in [0.4, 0.5) is 10.2 Å². The van der Waals surface area contributed by atoms with E-state index in [-0.39, 0.29) is 29.7 Å². The summed E-state index contributed by atoms with van der Waals surface area (Å²) in [6.45, 7) is 5.80. The second-order valence-corrected chi connectivity index (χ2v) is 9.75. The fraction of sp³-hybridized carbons (Fsp3) is 0.226. The zero-order valence-corrected chi connectivity index (χ0v) is 23.2. The van der Waals surface area contributed by atoms with Gasteiger partial charge in [-0.3, -0.25) is 14.3 Å². The topological polar surface area (TPSA) is 122 Å². The van der Waals surface area contributed by atoms with Crippen LogP contribution in [0.25, 0.3) is 6.08 Å². The summed E-state index contributed by atoms with van der Waals surface area (Å²) in [5, 5.41) is 12.0. The number of anilines is 1. The van der Waals surface area contributed by atoms with E-state index in [1.165, 1.54) is 16.7 Å². The molecule has 0 fully saturated rings. The van der Waals surface area contributed by atoms with Crippen LogP contribution in [-0.4, -0.2) is 21.6 Å². The lowest BCUT2D eigenvalue weighted by atomic mass is 10.1. The van der Waals surface area contributed by atoms with E-state index in [1.54, 1.807) is 31.4 Å². The van der Waals surface area contributed by atoms with Crippen molar-refractivity contribution in [2.24, 2.45) is 0 Å². The first-order valence-corrected chi connectivity index (χ1v) is 12.9. The van der Waals surface area contributed by atoms with Gasteiger partial charge in [-0.05, 0) is 77.6 Å². The average molecular weight is 556 g/mol. The first-order chi connectivity index (χ1) is 19.7. The Morgan fingerprint density at radius 1 is 1.10 bits per heavy atom. The molecule has 0 amide bonds. The number of rotatable bonds is 10. The lowest BCUT2D eigenvalue weighted by Gasteiger charge is -2.19. The fourth-order valence-electron chi connectivity index (χ4n) is 4.36. The van der Waals surface area contributed by atoms with Gasteiger partial charge in [-0.15, -0.1) is 0 Å². The van der Waals surface area contributed by atoms with Crippen LogP contribution in [0.1, 0.15) is 47.6 Å². The van der Waals surface area contributed by atoms with Gasteiger partial charge < -0.3 is 14.8 Å². The van der Waals surface area contributed by atoms with E-state index < -0.39 is 17.2 Å². The maximum Gasteiger partial charge on any atom is 0.331 e. The minimum Gasteiger partial charge on any atom is -0.497 e. The molecule has 0 atom stereocenters. The molecule has 2 aromatic heterocycles. The standard InChI is InChI=1S/C31H30FN5O4/c1-19(2)28-29(38)36-31(39)37(30(28)41-25-13-20(3)12-22(14-25)6-5-11-33)18-23-15-26(32)35-27(16-23)34-17-21-7-9-24(40-4)10-8-21/h5-10,12-16,19H,17-18H2,1-4H3,(H,34,35)(H,36,38,39)/b6-5+. The van der Waals surface area contributed by atoms with E-state index in [1.807, 2.05) is 57.2 Å². The SMILES string of the molecule is COc1ccc(CNc2cc(Cn3c(Oc4cc(C)cc(/C=C/C#N)c4)c(C(C)C)c(=O)[nH]c3=O)cc(F)n2)cc1. The summed E-state index contributed by atoms with van der Waals surface area (Å²) in [4.78, 5) is 32.2. The third-order valence-electron chi connectivity index (χ3n) is 6.23. The molecule has 2 N–H and O–H groups in total. The number of nitriles is 1.